The van der Waals surface area contributed by atoms with E-state index in [1.165, 1.54) is 12.8 Å². The van der Waals surface area contributed by atoms with Crippen LogP contribution in [0.4, 0.5) is 0 Å². The van der Waals surface area contributed by atoms with Crippen molar-refractivity contribution in [1.29, 1.82) is 0 Å². The quantitative estimate of drug-likeness (QED) is 0.791. The molecule has 4 rings (SSSR count). The van der Waals surface area contributed by atoms with Crippen molar-refractivity contribution in [3.8, 4) is 11.3 Å². The van der Waals surface area contributed by atoms with Crippen LogP contribution in [0.2, 0.25) is 0 Å². The van der Waals surface area contributed by atoms with Gasteiger partial charge in [-0.1, -0.05) is 37.1 Å². The maximum absolute atomic E-state index is 12.7. The average molecular weight is 347 g/mol. The molecule has 1 heterocycles. The van der Waals surface area contributed by atoms with Gasteiger partial charge in [-0.25, -0.2) is 4.98 Å². The molecule has 1 N–H and O–H groups in total. The Morgan fingerprint density at radius 2 is 1.77 bits per heavy atom. The van der Waals surface area contributed by atoms with Crippen LogP contribution in [0.5, 0.6) is 0 Å². The fourth-order valence-electron chi connectivity index (χ4n) is 3.59. The highest BCUT2D eigenvalue weighted by atomic mass is 16.1. The van der Waals surface area contributed by atoms with Crippen molar-refractivity contribution < 1.29 is 4.79 Å². The van der Waals surface area contributed by atoms with E-state index in [2.05, 4.69) is 10.3 Å². The summed E-state index contributed by atoms with van der Waals surface area (Å²) in [4.78, 5) is 29.5. The molecule has 0 atom stereocenters. The molecular formula is C21H21N3O2. The van der Waals surface area contributed by atoms with Gasteiger partial charge in [0.05, 0.1) is 11.0 Å². The summed E-state index contributed by atoms with van der Waals surface area (Å²) in [7, 11) is 1.75. The van der Waals surface area contributed by atoms with Gasteiger partial charge in [-0.3, -0.25) is 9.59 Å². The summed E-state index contributed by atoms with van der Waals surface area (Å²) in [5.74, 6) is -0.0529. The second kappa shape index (κ2) is 6.75. The number of para-hydroxylation sites is 2. The number of rotatable bonds is 3. The largest absolute Gasteiger partial charge is 0.349 e. The molecule has 3 aromatic rings. The van der Waals surface area contributed by atoms with Gasteiger partial charge < -0.3 is 9.88 Å². The zero-order chi connectivity index (χ0) is 18.1. The normalized spacial score (nSPS) is 14.7. The number of carbonyl (C=O) groups is 1. The summed E-state index contributed by atoms with van der Waals surface area (Å²) in [6.07, 6.45) is 4.48. The van der Waals surface area contributed by atoms with E-state index in [0.29, 0.717) is 16.8 Å². The molecule has 132 valence electrons. The highest BCUT2D eigenvalue weighted by Crippen LogP contribution is 2.20. The first-order chi connectivity index (χ1) is 12.6. The van der Waals surface area contributed by atoms with E-state index in [4.69, 9.17) is 0 Å². The van der Waals surface area contributed by atoms with Gasteiger partial charge in [-0.05, 0) is 37.1 Å². The minimum absolute atomic E-state index is 0.0529. The molecular weight excluding hydrogens is 326 g/mol. The molecule has 5 nitrogen and oxygen atoms in total. The van der Waals surface area contributed by atoms with E-state index < -0.39 is 0 Å². The van der Waals surface area contributed by atoms with Crippen molar-refractivity contribution in [2.24, 2.45) is 7.05 Å². The molecule has 1 aliphatic carbocycles. The summed E-state index contributed by atoms with van der Waals surface area (Å²) in [6, 6.07) is 15.0. The summed E-state index contributed by atoms with van der Waals surface area (Å²) in [5.41, 5.74) is 3.15. The summed E-state index contributed by atoms with van der Waals surface area (Å²) in [6.45, 7) is 0. The van der Waals surface area contributed by atoms with Crippen LogP contribution in [-0.2, 0) is 7.05 Å². The predicted molar refractivity (Wildman–Crippen MR) is 102 cm³/mol. The second-order valence-corrected chi connectivity index (χ2v) is 6.85. The number of hydrogen-bond acceptors (Lipinski definition) is 3. The summed E-state index contributed by atoms with van der Waals surface area (Å²) >= 11 is 0. The van der Waals surface area contributed by atoms with Crippen molar-refractivity contribution in [2.75, 3.05) is 0 Å². The third-order valence-electron chi connectivity index (χ3n) is 5.09. The first kappa shape index (κ1) is 16.5. The Bertz CT molecular complexity index is 1020. The van der Waals surface area contributed by atoms with E-state index in [1.807, 2.05) is 24.3 Å². The number of aromatic nitrogens is 2. The third kappa shape index (κ3) is 3.01. The fourth-order valence-corrected chi connectivity index (χ4v) is 3.59. The van der Waals surface area contributed by atoms with Gasteiger partial charge in [0.2, 0.25) is 0 Å². The van der Waals surface area contributed by atoms with Crippen molar-refractivity contribution in [3.63, 3.8) is 0 Å². The molecule has 0 radical (unpaired) electrons. The van der Waals surface area contributed by atoms with Crippen LogP contribution in [0.3, 0.4) is 0 Å². The van der Waals surface area contributed by atoms with Gasteiger partial charge in [-0.2, -0.15) is 0 Å². The first-order valence-corrected chi connectivity index (χ1v) is 9.00. The Labute approximate surface area is 151 Å². The lowest BCUT2D eigenvalue weighted by molar-refractivity contribution is 0.0938. The van der Waals surface area contributed by atoms with Gasteiger partial charge in [-0.15, -0.1) is 0 Å². The molecule has 26 heavy (non-hydrogen) atoms. The van der Waals surface area contributed by atoms with E-state index in [-0.39, 0.29) is 17.5 Å². The topological polar surface area (TPSA) is 64.0 Å². The SMILES string of the molecule is Cn1c(=O)c(-c2ccc(C(=O)NC3CCCC3)cc2)nc2ccccc21. The van der Waals surface area contributed by atoms with Gasteiger partial charge in [0.15, 0.2) is 0 Å². The highest BCUT2D eigenvalue weighted by Gasteiger charge is 2.18. The van der Waals surface area contributed by atoms with E-state index in [9.17, 15) is 9.59 Å². The second-order valence-electron chi connectivity index (χ2n) is 6.85. The minimum Gasteiger partial charge on any atom is -0.349 e. The van der Waals surface area contributed by atoms with Crippen LogP contribution in [-0.4, -0.2) is 21.5 Å². The van der Waals surface area contributed by atoms with Crippen molar-refractivity contribution >= 4 is 16.9 Å². The smallest absolute Gasteiger partial charge is 0.277 e. The molecule has 1 aromatic heterocycles. The molecule has 0 aliphatic heterocycles. The average Bonchev–Trinajstić information content (AvgIpc) is 3.18. The molecule has 1 fully saturated rings. The van der Waals surface area contributed by atoms with Crippen LogP contribution in [0.1, 0.15) is 36.0 Å². The van der Waals surface area contributed by atoms with E-state index >= 15 is 0 Å². The molecule has 5 heteroatoms. The molecule has 0 bridgehead atoms. The zero-order valence-corrected chi connectivity index (χ0v) is 14.7. The van der Waals surface area contributed by atoms with E-state index in [1.54, 1.807) is 35.9 Å². The predicted octanol–water partition coefficient (Wildman–Crippen LogP) is 3.27. The monoisotopic (exact) mass is 347 g/mol. The zero-order valence-electron chi connectivity index (χ0n) is 14.7. The highest BCUT2D eigenvalue weighted by molar-refractivity contribution is 5.94. The maximum atomic E-state index is 12.7. The molecule has 1 amide bonds. The van der Waals surface area contributed by atoms with Gasteiger partial charge in [0, 0.05) is 24.2 Å². The number of hydrogen-bond donors (Lipinski definition) is 1. The minimum atomic E-state index is -0.146. The van der Waals surface area contributed by atoms with Gasteiger partial charge in [0.1, 0.15) is 5.69 Å². The lowest BCUT2D eigenvalue weighted by Gasteiger charge is -2.12. The molecule has 0 saturated heterocycles. The lowest BCUT2D eigenvalue weighted by atomic mass is 10.1. The number of benzene rings is 2. The Morgan fingerprint density at radius 3 is 2.50 bits per heavy atom. The number of nitrogens with one attached hydrogen (secondary N) is 1. The summed E-state index contributed by atoms with van der Waals surface area (Å²) < 4.78 is 1.61. The van der Waals surface area contributed by atoms with Gasteiger partial charge in [0.25, 0.3) is 11.5 Å². The van der Waals surface area contributed by atoms with Crippen molar-refractivity contribution in [1.82, 2.24) is 14.9 Å². The molecule has 0 spiro atoms. The van der Waals surface area contributed by atoms with Crippen LogP contribution in [0, 0.1) is 0 Å². The first-order valence-electron chi connectivity index (χ1n) is 9.00. The third-order valence-corrected chi connectivity index (χ3v) is 5.09. The van der Waals surface area contributed by atoms with Crippen LogP contribution < -0.4 is 10.9 Å². The summed E-state index contributed by atoms with van der Waals surface area (Å²) in [5, 5.41) is 3.08. The van der Waals surface area contributed by atoms with Crippen LogP contribution in [0.15, 0.2) is 53.3 Å². The number of carbonyl (C=O) groups excluding carboxylic acids is 1. The van der Waals surface area contributed by atoms with Crippen molar-refractivity contribution in [2.45, 2.75) is 31.7 Å². The van der Waals surface area contributed by atoms with E-state index in [0.717, 1.165) is 23.9 Å². The maximum Gasteiger partial charge on any atom is 0.277 e. The number of aryl methyl sites for hydroxylation is 1. The fraction of sp³-hybridized carbons (Fsp3) is 0.286. The van der Waals surface area contributed by atoms with Crippen LogP contribution in [0.25, 0.3) is 22.3 Å². The molecule has 0 unspecified atom stereocenters. The van der Waals surface area contributed by atoms with Gasteiger partial charge >= 0.3 is 0 Å². The molecule has 1 saturated carbocycles. The lowest BCUT2D eigenvalue weighted by Crippen LogP contribution is -2.32. The number of nitrogens with zero attached hydrogens (tertiary/aromatic N) is 2. The molecule has 1 aliphatic rings. The number of fused-ring (bicyclic) bond motifs is 1. The Hall–Kier alpha value is -2.95. The standard InChI is InChI=1S/C21H21N3O2/c1-24-18-9-5-4-8-17(18)23-19(21(24)26)14-10-12-15(13-11-14)20(25)22-16-6-2-3-7-16/h4-5,8-13,16H,2-3,6-7H2,1H3,(H,22,25). The number of amides is 1. The Morgan fingerprint density at radius 1 is 1.08 bits per heavy atom. The Balaban J connectivity index is 1.64. The van der Waals surface area contributed by atoms with Crippen molar-refractivity contribution in [3.05, 3.63) is 64.4 Å². The van der Waals surface area contributed by atoms with Crippen LogP contribution >= 0.6 is 0 Å². The Kier molecular flexibility index (Phi) is 4.29. The molecule has 2 aromatic carbocycles.